The van der Waals surface area contributed by atoms with Crippen molar-refractivity contribution in [3.63, 3.8) is 0 Å². The van der Waals surface area contributed by atoms with E-state index in [1.54, 1.807) is 0 Å². The first-order valence-corrected chi connectivity index (χ1v) is 10.2. The van der Waals surface area contributed by atoms with Gasteiger partial charge in [0.1, 0.15) is 5.69 Å². The van der Waals surface area contributed by atoms with Crippen LogP contribution in [0, 0.1) is 0 Å². The van der Waals surface area contributed by atoms with Crippen molar-refractivity contribution in [2.45, 2.75) is 45.4 Å². The SMILES string of the molecule is CCc1ccc(-c2cc(C(=O)N3CCC(c4[nH]ncc4CC)CC3)[nH]n2)cc1. The molecule has 3 heterocycles. The Labute approximate surface area is 165 Å². The smallest absolute Gasteiger partial charge is 0.271 e. The van der Waals surface area contributed by atoms with E-state index in [-0.39, 0.29) is 5.91 Å². The Morgan fingerprint density at radius 2 is 1.86 bits per heavy atom. The number of aromatic amines is 2. The Morgan fingerprint density at radius 1 is 1.11 bits per heavy atom. The number of nitrogens with one attached hydrogen (secondary N) is 2. The van der Waals surface area contributed by atoms with E-state index >= 15 is 0 Å². The van der Waals surface area contributed by atoms with Crippen LogP contribution in [-0.4, -0.2) is 44.3 Å². The lowest BCUT2D eigenvalue weighted by molar-refractivity contribution is 0.0706. The molecular weight excluding hydrogens is 350 g/mol. The summed E-state index contributed by atoms with van der Waals surface area (Å²) in [6.07, 6.45) is 5.84. The van der Waals surface area contributed by atoms with E-state index in [1.807, 2.05) is 17.2 Å². The number of aromatic nitrogens is 4. The fraction of sp³-hybridized carbons (Fsp3) is 0.409. The monoisotopic (exact) mass is 377 g/mol. The number of hydrogen-bond donors (Lipinski definition) is 2. The van der Waals surface area contributed by atoms with Crippen molar-refractivity contribution in [2.24, 2.45) is 0 Å². The van der Waals surface area contributed by atoms with Crippen LogP contribution in [0.4, 0.5) is 0 Å². The van der Waals surface area contributed by atoms with Crippen molar-refractivity contribution >= 4 is 5.91 Å². The number of aryl methyl sites for hydroxylation is 2. The molecule has 0 saturated carbocycles. The van der Waals surface area contributed by atoms with E-state index in [2.05, 4.69) is 58.5 Å². The molecule has 4 rings (SSSR count). The second kappa shape index (κ2) is 8.00. The van der Waals surface area contributed by atoms with Crippen molar-refractivity contribution in [1.82, 2.24) is 25.3 Å². The van der Waals surface area contributed by atoms with Gasteiger partial charge in [-0.1, -0.05) is 38.1 Å². The maximum Gasteiger partial charge on any atom is 0.271 e. The first kappa shape index (κ1) is 18.5. The van der Waals surface area contributed by atoms with Gasteiger partial charge in [-0.2, -0.15) is 10.2 Å². The summed E-state index contributed by atoms with van der Waals surface area (Å²) in [5.41, 5.74) is 6.22. The molecule has 6 heteroatoms. The van der Waals surface area contributed by atoms with Gasteiger partial charge >= 0.3 is 0 Å². The first-order valence-electron chi connectivity index (χ1n) is 10.2. The number of hydrogen-bond acceptors (Lipinski definition) is 3. The molecule has 1 aliphatic rings. The minimum absolute atomic E-state index is 0.0303. The average molecular weight is 377 g/mol. The Morgan fingerprint density at radius 3 is 2.54 bits per heavy atom. The summed E-state index contributed by atoms with van der Waals surface area (Å²) in [6, 6.07) is 10.2. The van der Waals surface area contributed by atoms with Crippen LogP contribution in [0.25, 0.3) is 11.3 Å². The predicted octanol–water partition coefficient (Wildman–Crippen LogP) is 3.94. The number of rotatable bonds is 5. The lowest BCUT2D eigenvalue weighted by Crippen LogP contribution is -2.38. The number of benzene rings is 1. The summed E-state index contributed by atoms with van der Waals surface area (Å²) in [4.78, 5) is 14.8. The minimum Gasteiger partial charge on any atom is -0.337 e. The summed E-state index contributed by atoms with van der Waals surface area (Å²) in [5.74, 6) is 0.485. The molecule has 28 heavy (non-hydrogen) atoms. The van der Waals surface area contributed by atoms with E-state index in [4.69, 9.17) is 0 Å². The molecule has 0 aliphatic carbocycles. The average Bonchev–Trinajstić information content (AvgIpc) is 3.43. The molecule has 1 aliphatic heterocycles. The zero-order valence-electron chi connectivity index (χ0n) is 16.5. The molecule has 1 amide bonds. The third-order valence-electron chi connectivity index (χ3n) is 5.79. The molecule has 0 radical (unpaired) electrons. The summed E-state index contributed by atoms with van der Waals surface area (Å²) < 4.78 is 0. The minimum atomic E-state index is 0.0303. The third-order valence-corrected chi connectivity index (χ3v) is 5.79. The molecule has 0 atom stereocenters. The lowest BCUT2D eigenvalue weighted by atomic mass is 9.90. The molecule has 146 valence electrons. The standard InChI is InChI=1S/C22H27N5O/c1-3-15-5-7-17(8-6-15)19-13-20(25-24-19)22(28)27-11-9-18(10-12-27)21-16(4-2)14-23-26-21/h5-8,13-14,18H,3-4,9-12H2,1-2H3,(H,23,26)(H,24,25). The highest BCUT2D eigenvalue weighted by atomic mass is 16.2. The van der Waals surface area contributed by atoms with E-state index in [0.717, 1.165) is 50.0 Å². The Hall–Kier alpha value is -2.89. The number of nitrogens with zero attached hydrogens (tertiary/aromatic N) is 3. The summed E-state index contributed by atoms with van der Waals surface area (Å²) in [5, 5.41) is 14.6. The second-order valence-corrected chi connectivity index (χ2v) is 7.45. The third kappa shape index (κ3) is 3.59. The van der Waals surface area contributed by atoms with Crippen molar-refractivity contribution in [2.75, 3.05) is 13.1 Å². The highest BCUT2D eigenvalue weighted by Crippen LogP contribution is 2.30. The van der Waals surface area contributed by atoms with Gasteiger partial charge < -0.3 is 4.90 Å². The molecule has 2 aromatic heterocycles. The fourth-order valence-corrected chi connectivity index (χ4v) is 3.99. The molecule has 6 nitrogen and oxygen atoms in total. The maximum absolute atomic E-state index is 12.9. The van der Waals surface area contributed by atoms with Crippen LogP contribution in [0.5, 0.6) is 0 Å². The van der Waals surface area contributed by atoms with Gasteiger partial charge in [0.25, 0.3) is 5.91 Å². The topological polar surface area (TPSA) is 77.7 Å². The summed E-state index contributed by atoms with van der Waals surface area (Å²) in [7, 11) is 0. The normalized spacial score (nSPS) is 15.1. The van der Waals surface area contributed by atoms with Gasteiger partial charge in [0, 0.05) is 30.3 Å². The highest BCUT2D eigenvalue weighted by Gasteiger charge is 2.27. The van der Waals surface area contributed by atoms with Crippen molar-refractivity contribution < 1.29 is 4.79 Å². The Bertz CT molecular complexity index is 932. The molecule has 0 unspecified atom stereocenters. The zero-order chi connectivity index (χ0) is 19.5. The molecule has 0 bridgehead atoms. The van der Waals surface area contributed by atoms with E-state index < -0.39 is 0 Å². The van der Waals surface area contributed by atoms with E-state index in [9.17, 15) is 4.79 Å². The summed E-state index contributed by atoms with van der Waals surface area (Å²) >= 11 is 0. The van der Waals surface area contributed by atoms with Crippen LogP contribution in [0.3, 0.4) is 0 Å². The van der Waals surface area contributed by atoms with Crippen LogP contribution in [-0.2, 0) is 12.8 Å². The second-order valence-electron chi connectivity index (χ2n) is 7.45. The summed E-state index contributed by atoms with van der Waals surface area (Å²) in [6.45, 7) is 5.80. The molecule has 1 aromatic carbocycles. The first-order chi connectivity index (χ1) is 13.7. The van der Waals surface area contributed by atoms with Gasteiger partial charge in [-0.25, -0.2) is 0 Å². The van der Waals surface area contributed by atoms with Crippen molar-refractivity contribution in [1.29, 1.82) is 0 Å². The molecule has 1 fully saturated rings. The highest BCUT2D eigenvalue weighted by molar-refractivity contribution is 5.93. The van der Waals surface area contributed by atoms with Gasteiger partial charge in [0.2, 0.25) is 0 Å². The molecule has 3 aromatic rings. The van der Waals surface area contributed by atoms with Crippen LogP contribution in [0.1, 0.15) is 59.9 Å². The maximum atomic E-state index is 12.9. The van der Waals surface area contributed by atoms with Gasteiger partial charge in [-0.3, -0.25) is 15.0 Å². The molecule has 1 saturated heterocycles. The van der Waals surface area contributed by atoms with E-state index in [1.165, 1.54) is 16.8 Å². The Kier molecular flexibility index (Phi) is 5.28. The van der Waals surface area contributed by atoms with Crippen LogP contribution < -0.4 is 0 Å². The fourth-order valence-electron chi connectivity index (χ4n) is 3.99. The number of amides is 1. The number of H-pyrrole nitrogens is 2. The van der Waals surface area contributed by atoms with E-state index in [0.29, 0.717) is 11.6 Å². The lowest BCUT2D eigenvalue weighted by Gasteiger charge is -2.31. The van der Waals surface area contributed by atoms with Crippen molar-refractivity contribution in [3.8, 4) is 11.3 Å². The van der Waals surface area contributed by atoms with Gasteiger partial charge in [-0.15, -0.1) is 0 Å². The number of carbonyl (C=O) groups is 1. The predicted molar refractivity (Wildman–Crippen MR) is 109 cm³/mol. The van der Waals surface area contributed by atoms with Crippen molar-refractivity contribution in [3.05, 3.63) is 59.0 Å². The number of carbonyl (C=O) groups excluding carboxylic acids is 1. The number of piperidine rings is 1. The number of likely N-dealkylation sites (tertiary alicyclic amines) is 1. The largest absolute Gasteiger partial charge is 0.337 e. The zero-order valence-corrected chi connectivity index (χ0v) is 16.5. The Balaban J connectivity index is 1.41. The quantitative estimate of drug-likeness (QED) is 0.707. The van der Waals surface area contributed by atoms with Crippen LogP contribution in [0.15, 0.2) is 36.5 Å². The van der Waals surface area contributed by atoms with Gasteiger partial charge in [0.15, 0.2) is 0 Å². The molecular formula is C22H27N5O. The van der Waals surface area contributed by atoms with Crippen LogP contribution in [0.2, 0.25) is 0 Å². The molecule has 2 N–H and O–H groups in total. The van der Waals surface area contributed by atoms with Gasteiger partial charge in [0.05, 0.1) is 11.9 Å². The molecule has 0 spiro atoms. The van der Waals surface area contributed by atoms with Gasteiger partial charge in [-0.05, 0) is 42.9 Å². The van der Waals surface area contributed by atoms with Crippen LogP contribution >= 0.6 is 0 Å².